The highest BCUT2D eigenvalue weighted by atomic mass is 16.3. The van der Waals surface area contributed by atoms with E-state index < -0.39 is 12.6 Å². The molecule has 11 nitrogen and oxygen atoms in total. The van der Waals surface area contributed by atoms with Gasteiger partial charge in [0.1, 0.15) is 12.6 Å². The minimum atomic E-state index is -0.567. The normalized spacial score (nSPS) is 14.7. The van der Waals surface area contributed by atoms with E-state index in [1.165, 1.54) is 0 Å². The number of piperidine rings is 1. The number of hydrogen-bond donors (Lipinski definition) is 3. The summed E-state index contributed by atoms with van der Waals surface area (Å²) < 4.78 is 1.88. The number of nitrogens with one attached hydrogen (secondary N) is 2. The van der Waals surface area contributed by atoms with Gasteiger partial charge >= 0.3 is 0 Å². The van der Waals surface area contributed by atoms with Gasteiger partial charge < -0.3 is 20.6 Å². The number of aromatic nitrogens is 4. The van der Waals surface area contributed by atoms with E-state index in [9.17, 15) is 9.59 Å². The van der Waals surface area contributed by atoms with E-state index in [4.69, 9.17) is 10.4 Å². The molecule has 4 rings (SSSR count). The smallest absolute Gasteiger partial charge is 0.252 e. The summed E-state index contributed by atoms with van der Waals surface area (Å²) in [4.78, 5) is 34.6. The number of amides is 2. The van der Waals surface area contributed by atoms with Crippen LogP contribution < -0.4 is 10.6 Å². The molecule has 1 aliphatic heterocycles. The Balaban J connectivity index is 1.43. The van der Waals surface area contributed by atoms with Crippen molar-refractivity contribution in [2.24, 2.45) is 0 Å². The number of aliphatic hydroxyl groups excluding tert-OH is 1. The van der Waals surface area contributed by atoms with E-state index in [0.717, 1.165) is 35.3 Å². The predicted molar refractivity (Wildman–Crippen MR) is 132 cm³/mol. The van der Waals surface area contributed by atoms with E-state index in [2.05, 4.69) is 25.7 Å². The molecule has 2 aromatic heterocycles. The van der Waals surface area contributed by atoms with E-state index in [1.807, 2.05) is 36.0 Å². The molecule has 36 heavy (non-hydrogen) atoms. The number of anilines is 2. The predicted octanol–water partition coefficient (Wildman–Crippen LogP) is 2.19. The first-order chi connectivity index (χ1) is 17.4. The Morgan fingerprint density at radius 1 is 1.22 bits per heavy atom. The molecule has 2 amide bonds. The van der Waals surface area contributed by atoms with Gasteiger partial charge in [-0.05, 0) is 44.4 Å². The van der Waals surface area contributed by atoms with Crippen LogP contribution in [0.3, 0.4) is 0 Å². The molecule has 1 aliphatic rings. The van der Waals surface area contributed by atoms with Crippen LogP contribution in [0, 0.1) is 18.3 Å². The van der Waals surface area contributed by atoms with Crippen LogP contribution in [-0.2, 0) is 4.79 Å². The zero-order valence-electron chi connectivity index (χ0n) is 20.2. The van der Waals surface area contributed by atoms with Gasteiger partial charge in [0.15, 0.2) is 0 Å². The summed E-state index contributed by atoms with van der Waals surface area (Å²) in [7, 11) is 0. The second-order valence-electron chi connectivity index (χ2n) is 8.73. The van der Waals surface area contributed by atoms with E-state index in [0.29, 0.717) is 24.6 Å². The maximum absolute atomic E-state index is 12.2. The summed E-state index contributed by atoms with van der Waals surface area (Å²) in [6, 6.07) is 8.62. The Hall–Kier alpha value is -4.30. The van der Waals surface area contributed by atoms with Crippen molar-refractivity contribution in [3.05, 3.63) is 54.0 Å². The molecule has 3 N–H and O–H groups in total. The molecule has 11 heteroatoms. The summed E-state index contributed by atoms with van der Waals surface area (Å²) >= 11 is 0. The molecule has 3 aromatic rings. The van der Waals surface area contributed by atoms with Crippen LogP contribution in [0.25, 0.3) is 11.3 Å². The lowest BCUT2D eigenvalue weighted by Gasteiger charge is -2.31. The number of hydrogen-bond acceptors (Lipinski definition) is 8. The Kier molecular flexibility index (Phi) is 7.56. The average Bonchev–Trinajstić information content (AvgIpc) is 3.37. The molecule has 1 aromatic carbocycles. The SMILES string of the molecule is Cc1cnc(Nc2cnn(C3CCN(C(=O)CO)CC3)c2)nc1-c1ccc(C(=O)NC(C)C#N)cc1. The third-order valence-corrected chi connectivity index (χ3v) is 6.12. The largest absolute Gasteiger partial charge is 0.387 e. The first-order valence-corrected chi connectivity index (χ1v) is 11.7. The summed E-state index contributed by atoms with van der Waals surface area (Å²) in [5.74, 6) is -0.127. The van der Waals surface area contributed by atoms with Gasteiger partial charge in [-0.25, -0.2) is 9.97 Å². The lowest BCUT2D eigenvalue weighted by atomic mass is 10.1. The quantitative estimate of drug-likeness (QED) is 0.458. The van der Waals surface area contributed by atoms with Crippen molar-refractivity contribution >= 4 is 23.5 Å². The van der Waals surface area contributed by atoms with Crippen LogP contribution >= 0.6 is 0 Å². The number of nitrogens with zero attached hydrogens (tertiary/aromatic N) is 6. The number of aryl methyl sites for hydroxylation is 1. The Morgan fingerprint density at radius 2 is 1.94 bits per heavy atom. The molecular weight excluding hydrogens is 460 g/mol. The minimum Gasteiger partial charge on any atom is -0.387 e. The molecule has 0 radical (unpaired) electrons. The molecule has 1 unspecified atom stereocenters. The second kappa shape index (κ2) is 11.0. The van der Waals surface area contributed by atoms with Crippen LogP contribution in [0.15, 0.2) is 42.9 Å². The summed E-state index contributed by atoms with van der Waals surface area (Å²) in [6.07, 6.45) is 6.87. The van der Waals surface area contributed by atoms with Crippen LogP contribution in [0.4, 0.5) is 11.6 Å². The lowest BCUT2D eigenvalue weighted by Crippen LogP contribution is -2.40. The van der Waals surface area contributed by atoms with Gasteiger partial charge in [0.2, 0.25) is 11.9 Å². The molecule has 0 spiro atoms. The van der Waals surface area contributed by atoms with Crippen molar-refractivity contribution < 1.29 is 14.7 Å². The summed E-state index contributed by atoms with van der Waals surface area (Å²) in [6.45, 7) is 4.27. The average molecular weight is 489 g/mol. The van der Waals surface area contributed by atoms with Gasteiger partial charge in [-0.15, -0.1) is 0 Å². The van der Waals surface area contributed by atoms with Crippen molar-refractivity contribution in [2.45, 2.75) is 38.8 Å². The van der Waals surface area contributed by atoms with Gasteiger partial charge in [0.25, 0.3) is 5.91 Å². The Morgan fingerprint density at radius 3 is 2.61 bits per heavy atom. The van der Waals surface area contributed by atoms with Crippen molar-refractivity contribution in [3.63, 3.8) is 0 Å². The monoisotopic (exact) mass is 488 g/mol. The zero-order valence-corrected chi connectivity index (χ0v) is 20.2. The standard InChI is InChI=1S/C25H28N8O3/c1-16-12-27-25(31-23(16)18-3-5-19(6-4-18)24(36)29-17(2)11-26)30-20-13-28-33(14-20)21-7-9-32(10-8-21)22(35)15-34/h3-6,12-14,17,21,34H,7-10,15H2,1-2H3,(H,29,36)(H,27,30,31). The van der Waals surface area contributed by atoms with Gasteiger partial charge in [-0.3, -0.25) is 14.3 Å². The highest BCUT2D eigenvalue weighted by molar-refractivity contribution is 5.95. The zero-order chi connectivity index (χ0) is 25.7. The topological polar surface area (TPSA) is 149 Å². The Labute approximate surface area is 208 Å². The van der Waals surface area contributed by atoms with Crippen molar-refractivity contribution in [1.29, 1.82) is 5.26 Å². The van der Waals surface area contributed by atoms with Gasteiger partial charge in [0, 0.05) is 36.6 Å². The van der Waals surface area contributed by atoms with Crippen LogP contribution in [0.5, 0.6) is 0 Å². The molecule has 186 valence electrons. The maximum Gasteiger partial charge on any atom is 0.252 e. The van der Waals surface area contributed by atoms with Crippen molar-refractivity contribution in [2.75, 3.05) is 25.0 Å². The van der Waals surface area contributed by atoms with Crippen LogP contribution in [0.2, 0.25) is 0 Å². The van der Waals surface area contributed by atoms with Gasteiger partial charge in [0.05, 0.1) is 29.7 Å². The van der Waals surface area contributed by atoms with Gasteiger partial charge in [-0.2, -0.15) is 10.4 Å². The fourth-order valence-electron chi connectivity index (χ4n) is 4.10. The molecule has 1 atom stereocenters. The third kappa shape index (κ3) is 5.67. The van der Waals surface area contributed by atoms with Crippen LogP contribution in [0.1, 0.15) is 41.7 Å². The molecule has 1 fully saturated rings. The molecule has 1 saturated heterocycles. The number of nitriles is 1. The number of aliphatic hydroxyl groups is 1. The molecule has 0 aliphatic carbocycles. The van der Waals surface area contributed by atoms with Crippen LogP contribution in [-0.4, -0.2) is 67.3 Å². The number of likely N-dealkylation sites (tertiary alicyclic amines) is 1. The molecule has 0 saturated carbocycles. The van der Waals surface area contributed by atoms with Gasteiger partial charge in [-0.1, -0.05) is 12.1 Å². The van der Waals surface area contributed by atoms with E-state index >= 15 is 0 Å². The van der Waals surface area contributed by atoms with Crippen molar-refractivity contribution in [1.82, 2.24) is 30.0 Å². The summed E-state index contributed by atoms with van der Waals surface area (Å²) in [5, 5.41) is 28.2. The number of carbonyl (C=O) groups excluding carboxylic acids is 2. The summed E-state index contributed by atoms with van der Waals surface area (Å²) in [5.41, 5.74) is 3.67. The number of rotatable bonds is 7. The van der Waals surface area contributed by atoms with E-state index in [-0.39, 0.29) is 17.9 Å². The first-order valence-electron chi connectivity index (χ1n) is 11.7. The fraction of sp³-hybridized carbons (Fsp3) is 0.360. The van der Waals surface area contributed by atoms with Crippen molar-refractivity contribution in [3.8, 4) is 17.3 Å². The Bertz CT molecular complexity index is 1270. The highest BCUT2D eigenvalue weighted by Crippen LogP contribution is 2.26. The molecular formula is C25H28N8O3. The minimum absolute atomic E-state index is 0.171. The second-order valence-corrected chi connectivity index (χ2v) is 8.73. The fourth-order valence-corrected chi connectivity index (χ4v) is 4.10. The van der Waals surface area contributed by atoms with E-state index in [1.54, 1.807) is 36.4 Å². The molecule has 3 heterocycles. The highest BCUT2D eigenvalue weighted by Gasteiger charge is 2.24. The number of benzene rings is 1. The third-order valence-electron chi connectivity index (χ3n) is 6.12. The maximum atomic E-state index is 12.2. The lowest BCUT2D eigenvalue weighted by molar-refractivity contribution is -0.135. The molecule has 0 bridgehead atoms. The first kappa shape index (κ1) is 24.8. The number of carbonyl (C=O) groups is 2.